The molecule has 3 aliphatic rings. The van der Waals surface area contributed by atoms with Crippen LogP contribution in [0.1, 0.15) is 75.5 Å². The number of aromatic nitrogens is 1. The van der Waals surface area contributed by atoms with Crippen LogP contribution in [-0.2, 0) is 4.74 Å². The molecule has 1 N–H and O–H groups in total. The van der Waals surface area contributed by atoms with Crippen molar-refractivity contribution in [3.8, 4) is 0 Å². The van der Waals surface area contributed by atoms with Gasteiger partial charge >= 0.3 is 6.09 Å². The maximum Gasteiger partial charge on any atom is 0.410 e. The number of likely N-dealkylation sites (tertiary alicyclic amines) is 2. The zero-order chi connectivity index (χ0) is 22.2. The van der Waals surface area contributed by atoms with Gasteiger partial charge in [-0.25, -0.2) is 4.79 Å². The molecule has 0 aromatic carbocycles. The zero-order valence-electron chi connectivity index (χ0n) is 19.2. The van der Waals surface area contributed by atoms with Crippen molar-refractivity contribution in [1.29, 1.82) is 0 Å². The normalized spacial score (nSPS) is 25.6. The van der Waals surface area contributed by atoms with Gasteiger partial charge < -0.3 is 24.4 Å². The van der Waals surface area contributed by atoms with Crippen molar-refractivity contribution in [2.75, 3.05) is 32.7 Å². The molecule has 2 atom stereocenters. The second kappa shape index (κ2) is 8.81. The van der Waals surface area contributed by atoms with Crippen molar-refractivity contribution in [3.63, 3.8) is 0 Å². The van der Waals surface area contributed by atoms with Gasteiger partial charge in [-0.05, 0) is 58.3 Å². The highest BCUT2D eigenvalue weighted by atomic mass is 16.6. The summed E-state index contributed by atoms with van der Waals surface area (Å²) in [7, 11) is 0. The predicted octanol–water partition coefficient (Wildman–Crippen LogP) is 3.25. The molecule has 8 heteroatoms. The van der Waals surface area contributed by atoms with Crippen LogP contribution in [0.2, 0.25) is 0 Å². The predicted molar refractivity (Wildman–Crippen MR) is 116 cm³/mol. The molecule has 4 rings (SSSR count). The van der Waals surface area contributed by atoms with Crippen LogP contribution in [-0.4, -0.2) is 71.3 Å². The van der Waals surface area contributed by atoms with Crippen LogP contribution in [0.25, 0.3) is 0 Å². The fourth-order valence-electron chi connectivity index (χ4n) is 4.59. The molecule has 0 unspecified atom stereocenters. The van der Waals surface area contributed by atoms with Gasteiger partial charge in [-0.1, -0.05) is 12.1 Å². The first kappa shape index (κ1) is 22.1. The van der Waals surface area contributed by atoms with Gasteiger partial charge in [0.05, 0.1) is 0 Å². The number of nitrogens with zero attached hydrogens (tertiary/aromatic N) is 3. The molecule has 8 nitrogen and oxygen atoms in total. The Morgan fingerprint density at radius 3 is 2.55 bits per heavy atom. The third kappa shape index (κ3) is 5.79. The molecule has 2 saturated heterocycles. The van der Waals surface area contributed by atoms with E-state index in [4.69, 9.17) is 9.26 Å². The first-order valence-electron chi connectivity index (χ1n) is 11.7. The van der Waals surface area contributed by atoms with E-state index in [1.54, 1.807) is 6.07 Å². The van der Waals surface area contributed by atoms with Crippen LogP contribution in [0.4, 0.5) is 4.79 Å². The molecule has 1 saturated carbocycles. The summed E-state index contributed by atoms with van der Waals surface area (Å²) >= 11 is 0. The number of ether oxygens (including phenoxy) is 1. The number of rotatable bonds is 5. The number of hydrogen-bond donors (Lipinski definition) is 1. The van der Waals surface area contributed by atoms with Crippen LogP contribution < -0.4 is 5.32 Å². The molecule has 172 valence electrons. The highest BCUT2D eigenvalue weighted by Crippen LogP contribution is 2.40. The third-order valence-electron chi connectivity index (χ3n) is 6.53. The topological polar surface area (TPSA) is 87.9 Å². The smallest absolute Gasteiger partial charge is 0.410 e. The summed E-state index contributed by atoms with van der Waals surface area (Å²) in [6.07, 6.45) is 4.03. The maximum atomic E-state index is 12.6. The number of nitrogens with one attached hydrogen (secondary N) is 1. The lowest BCUT2D eigenvalue weighted by Crippen LogP contribution is -2.44. The molecule has 31 heavy (non-hydrogen) atoms. The molecule has 3 fully saturated rings. The van der Waals surface area contributed by atoms with Gasteiger partial charge in [0.2, 0.25) is 0 Å². The Morgan fingerprint density at radius 1 is 1.19 bits per heavy atom. The molecule has 1 aromatic rings. The largest absolute Gasteiger partial charge is 0.444 e. The SMILES string of the molecule is C[C@@H]1CN(CC2CCN(C(=O)OC(C)(C)C)CC2)C[C@H]1NC(=O)c1cc(C2CC2)on1. The van der Waals surface area contributed by atoms with Crippen LogP contribution in [0, 0.1) is 11.8 Å². The molecule has 3 heterocycles. The Balaban J connectivity index is 1.21. The molecule has 1 aromatic heterocycles. The van der Waals surface area contributed by atoms with E-state index in [1.807, 2.05) is 25.7 Å². The molecular weight excluding hydrogens is 396 g/mol. The van der Waals surface area contributed by atoms with E-state index in [0.717, 1.165) is 64.2 Å². The van der Waals surface area contributed by atoms with Gasteiger partial charge in [-0.3, -0.25) is 4.79 Å². The summed E-state index contributed by atoms with van der Waals surface area (Å²) in [5, 5.41) is 7.11. The Kier molecular flexibility index (Phi) is 6.28. The minimum Gasteiger partial charge on any atom is -0.444 e. The van der Waals surface area contributed by atoms with Crippen LogP contribution in [0.5, 0.6) is 0 Å². The number of carbonyl (C=O) groups is 2. The maximum absolute atomic E-state index is 12.6. The lowest BCUT2D eigenvalue weighted by molar-refractivity contribution is 0.0172. The van der Waals surface area contributed by atoms with E-state index in [2.05, 4.69) is 22.3 Å². The van der Waals surface area contributed by atoms with Crippen molar-refractivity contribution in [2.24, 2.45) is 11.8 Å². The second-order valence-electron chi connectivity index (χ2n) is 10.6. The average molecular weight is 433 g/mol. The molecule has 1 aliphatic carbocycles. The first-order valence-corrected chi connectivity index (χ1v) is 11.7. The fourth-order valence-corrected chi connectivity index (χ4v) is 4.59. The third-order valence-corrected chi connectivity index (χ3v) is 6.53. The van der Waals surface area contributed by atoms with E-state index in [1.165, 1.54) is 0 Å². The molecule has 0 radical (unpaired) electrons. The van der Waals surface area contributed by atoms with E-state index in [-0.39, 0.29) is 18.0 Å². The second-order valence-corrected chi connectivity index (χ2v) is 10.6. The first-order chi connectivity index (χ1) is 14.7. The van der Waals surface area contributed by atoms with E-state index in [0.29, 0.717) is 23.4 Å². The van der Waals surface area contributed by atoms with Crippen molar-refractivity contribution < 1.29 is 18.8 Å². The van der Waals surface area contributed by atoms with Crippen molar-refractivity contribution >= 4 is 12.0 Å². The monoisotopic (exact) mass is 432 g/mol. The number of hydrogen-bond acceptors (Lipinski definition) is 6. The summed E-state index contributed by atoms with van der Waals surface area (Å²) in [6.45, 7) is 12.2. The van der Waals surface area contributed by atoms with Crippen molar-refractivity contribution in [1.82, 2.24) is 20.3 Å². The number of piperidine rings is 1. The Labute approximate surface area is 184 Å². The van der Waals surface area contributed by atoms with Gasteiger partial charge in [-0.15, -0.1) is 0 Å². The van der Waals surface area contributed by atoms with Crippen LogP contribution in [0.3, 0.4) is 0 Å². The molecule has 0 spiro atoms. The molecule has 2 amide bonds. The summed E-state index contributed by atoms with van der Waals surface area (Å²) in [6, 6.07) is 1.92. The molecule has 2 aliphatic heterocycles. The van der Waals surface area contributed by atoms with E-state index in [9.17, 15) is 9.59 Å². The molecular formula is C23H36N4O4. The summed E-state index contributed by atoms with van der Waals surface area (Å²) in [5.41, 5.74) is -0.0631. The average Bonchev–Trinajstić information content (AvgIpc) is 3.32. The van der Waals surface area contributed by atoms with Gasteiger partial charge in [0.1, 0.15) is 11.4 Å². The van der Waals surface area contributed by atoms with Gasteiger partial charge in [0.15, 0.2) is 5.69 Å². The summed E-state index contributed by atoms with van der Waals surface area (Å²) in [5.74, 6) is 2.11. The lowest BCUT2D eigenvalue weighted by Gasteiger charge is -2.34. The fraction of sp³-hybridized carbons (Fsp3) is 0.783. The standard InChI is InChI=1S/C23H36N4O4/c1-15-12-26(13-16-7-9-27(10-8-16)22(29)30-23(2,3)4)14-19(15)24-21(28)18-11-20(31-25-18)17-5-6-17/h11,15-17,19H,5-10,12-14H2,1-4H3,(H,24,28)/t15-,19-/m1/s1. The number of amides is 2. The quantitative estimate of drug-likeness (QED) is 0.768. The highest BCUT2D eigenvalue weighted by Gasteiger charge is 2.35. The van der Waals surface area contributed by atoms with Crippen molar-refractivity contribution in [2.45, 2.75) is 70.9 Å². The van der Waals surface area contributed by atoms with Crippen LogP contribution in [0.15, 0.2) is 10.6 Å². The highest BCUT2D eigenvalue weighted by molar-refractivity contribution is 5.92. The lowest BCUT2D eigenvalue weighted by atomic mass is 9.96. The Bertz CT molecular complexity index is 790. The number of carbonyl (C=O) groups excluding carboxylic acids is 2. The van der Waals surface area contributed by atoms with Crippen molar-refractivity contribution in [3.05, 3.63) is 17.5 Å². The Hall–Kier alpha value is -2.09. The zero-order valence-corrected chi connectivity index (χ0v) is 19.2. The van der Waals surface area contributed by atoms with E-state index >= 15 is 0 Å². The summed E-state index contributed by atoms with van der Waals surface area (Å²) < 4.78 is 10.8. The van der Waals surface area contributed by atoms with Gasteiger partial charge in [0, 0.05) is 50.7 Å². The van der Waals surface area contributed by atoms with E-state index < -0.39 is 5.60 Å². The Morgan fingerprint density at radius 2 is 1.90 bits per heavy atom. The van der Waals surface area contributed by atoms with Gasteiger partial charge in [-0.2, -0.15) is 0 Å². The summed E-state index contributed by atoms with van der Waals surface area (Å²) in [4.78, 5) is 29.1. The minimum atomic E-state index is -0.454. The van der Waals surface area contributed by atoms with Gasteiger partial charge in [0.25, 0.3) is 5.91 Å². The molecule has 0 bridgehead atoms. The van der Waals surface area contributed by atoms with Crippen LogP contribution >= 0.6 is 0 Å². The minimum absolute atomic E-state index is 0.121.